The van der Waals surface area contributed by atoms with Gasteiger partial charge in [0.15, 0.2) is 5.15 Å². The van der Waals surface area contributed by atoms with Crippen molar-refractivity contribution in [2.24, 2.45) is 5.10 Å². The molecule has 0 bridgehead atoms. The number of halogens is 3. The first-order valence-corrected chi connectivity index (χ1v) is 14.0. The van der Waals surface area contributed by atoms with Crippen LogP contribution >= 0.6 is 34.8 Å². The third-order valence-electron chi connectivity index (χ3n) is 5.65. The molecule has 0 aliphatic carbocycles. The molecule has 0 spiro atoms. The molecule has 12 heteroatoms. The molecule has 0 fully saturated rings. The van der Waals surface area contributed by atoms with E-state index in [0.717, 1.165) is 21.0 Å². The summed E-state index contributed by atoms with van der Waals surface area (Å²) in [7, 11) is -2.15. The highest BCUT2D eigenvalue weighted by Crippen LogP contribution is 2.35. The molecule has 0 N–H and O–H groups in total. The Labute approximate surface area is 235 Å². The number of ether oxygens (including phenoxy) is 1. The van der Waals surface area contributed by atoms with Crippen molar-refractivity contribution in [1.29, 1.82) is 0 Å². The topological polar surface area (TPSA) is 92.2 Å². The van der Waals surface area contributed by atoms with Gasteiger partial charge in [-0.3, -0.25) is 9.10 Å². The summed E-state index contributed by atoms with van der Waals surface area (Å²) in [5.41, 5.74) is 1.99. The predicted octanol–water partition coefficient (Wildman–Crippen LogP) is 6.43. The molecular weight excluding hydrogens is 571 g/mol. The highest BCUT2D eigenvalue weighted by atomic mass is 35.5. The van der Waals surface area contributed by atoms with Gasteiger partial charge in [-0.25, -0.2) is 13.4 Å². The van der Waals surface area contributed by atoms with Crippen LogP contribution in [0.25, 0.3) is 10.9 Å². The van der Waals surface area contributed by atoms with Crippen LogP contribution in [0, 0.1) is 0 Å². The van der Waals surface area contributed by atoms with Gasteiger partial charge in [0.05, 0.1) is 41.2 Å². The maximum atomic E-state index is 13.3. The minimum absolute atomic E-state index is 0.0271. The fourth-order valence-corrected chi connectivity index (χ4v) is 5.31. The van der Waals surface area contributed by atoms with Gasteiger partial charge in [0, 0.05) is 23.7 Å². The highest BCUT2D eigenvalue weighted by Gasteiger charge is 2.23. The van der Waals surface area contributed by atoms with Gasteiger partial charge < -0.3 is 4.74 Å². The van der Waals surface area contributed by atoms with Gasteiger partial charge in [-0.05, 0) is 48.0 Å². The molecule has 8 nitrogen and oxygen atoms in total. The number of aromatic nitrogens is 1. The number of rotatable bonds is 8. The summed E-state index contributed by atoms with van der Waals surface area (Å²) in [6, 6.07) is 18.1. The lowest BCUT2D eigenvalue weighted by molar-refractivity contribution is 0.0988. The quantitative estimate of drug-likeness (QED) is 0.134. The molecule has 0 unspecified atom stereocenters. The molecule has 0 aliphatic rings. The Kier molecular flexibility index (Phi) is 8.13. The largest absolute Gasteiger partial charge is 0.497 e. The lowest BCUT2D eigenvalue weighted by atomic mass is 10.1. The number of amides is 1. The Morgan fingerprint density at radius 3 is 2.37 bits per heavy atom. The molecule has 0 radical (unpaired) electrons. The number of benzene rings is 3. The Bertz CT molecular complexity index is 1650. The number of nitrogens with zero attached hydrogens (tertiary/aromatic N) is 4. The fourth-order valence-electron chi connectivity index (χ4n) is 3.74. The van der Waals surface area contributed by atoms with Crippen LogP contribution in [0.1, 0.15) is 15.9 Å². The summed E-state index contributed by atoms with van der Waals surface area (Å²) in [5.74, 6) is 0.122. The molecule has 0 saturated heterocycles. The molecule has 0 aliphatic heterocycles. The zero-order valence-corrected chi connectivity index (χ0v) is 23.3. The van der Waals surface area contributed by atoms with E-state index >= 15 is 0 Å². The number of sulfonamides is 1. The zero-order valence-electron chi connectivity index (χ0n) is 20.2. The molecule has 4 rings (SSSR count). The summed E-state index contributed by atoms with van der Waals surface area (Å²) < 4.78 is 31.4. The first-order chi connectivity index (χ1) is 18.0. The number of carbonyl (C=O) groups is 1. The number of pyridine rings is 1. The summed E-state index contributed by atoms with van der Waals surface area (Å²) in [5, 5.41) is 6.07. The molecule has 3 aromatic carbocycles. The van der Waals surface area contributed by atoms with E-state index in [4.69, 9.17) is 39.5 Å². The van der Waals surface area contributed by atoms with Crippen molar-refractivity contribution in [1.82, 2.24) is 4.98 Å². The number of hydrazone groups is 1. The van der Waals surface area contributed by atoms with Gasteiger partial charge in [0.1, 0.15) is 11.4 Å². The van der Waals surface area contributed by atoms with E-state index in [1.54, 1.807) is 73.8 Å². The van der Waals surface area contributed by atoms with Crippen LogP contribution in [0.5, 0.6) is 5.75 Å². The van der Waals surface area contributed by atoms with Crippen molar-refractivity contribution in [2.45, 2.75) is 6.54 Å². The van der Waals surface area contributed by atoms with Crippen molar-refractivity contribution in [3.63, 3.8) is 0 Å². The van der Waals surface area contributed by atoms with Crippen LogP contribution in [-0.2, 0) is 16.6 Å². The Morgan fingerprint density at radius 1 is 1.03 bits per heavy atom. The first-order valence-electron chi connectivity index (χ1n) is 11.0. The van der Waals surface area contributed by atoms with Gasteiger partial charge in [0.25, 0.3) is 5.91 Å². The predicted molar refractivity (Wildman–Crippen MR) is 154 cm³/mol. The van der Waals surface area contributed by atoms with E-state index < -0.39 is 15.9 Å². The van der Waals surface area contributed by atoms with Crippen LogP contribution in [0.15, 0.2) is 71.8 Å². The van der Waals surface area contributed by atoms with Crippen molar-refractivity contribution in [2.75, 3.05) is 22.7 Å². The zero-order chi connectivity index (χ0) is 27.6. The summed E-state index contributed by atoms with van der Waals surface area (Å²) in [4.78, 5) is 17.7. The summed E-state index contributed by atoms with van der Waals surface area (Å²) >= 11 is 18.8. The second kappa shape index (κ2) is 11.2. The maximum Gasteiger partial charge on any atom is 0.278 e. The summed E-state index contributed by atoms with van der Waals surface area (Å²) in [6.45, 7) is 3.49. The third kappa shape index (κ3) is 5.71. The average molecular weight is 592 g/mol. The van der Waals surface area contributed by atoms with Crippen molar-refractivity contribution in [3.05, 3.63) is 93.1 Å². The smallest absolute Gasteiger partial charge is 0.278 e. The minimum atomic E-state index is -3.70. The van der Waals surface area contributed by atoms with Gasteiger partial charge in [-0.15, -0.1) is 0 Å². The molecule has 4 aromatic rings. The highest BCUT2D eigenvalue weighted by molar-refractivity contribution is 7.92. The number of anilines is 2. The normalized spacial score (nSPS) is 11.3. The Hall–Kier alpha value is -3.37. The number of carbonyl (C=O) groups excluding carboxylic acids is 1. The third-order valence-corrected chi connectivity index (χ3v) is 7.86. The molecule has 1 heterocycles. The molecule has 196 valence electrons. The van der Waals surface area contributed by atoms with Crippen LogP contribution in [-0.4, -0.2) is 39.4 Å². The van der Waals surface area contributed by atoms with E-state index in [-0.39, 0.29) is 38.7 Å². The lowest BCUT2D eigenvalue weighted by Gasteiger charge is -2.24. The monoisotopic (exact) mass is 590 g/mol. The number of hydrogen-bond donors (Lipinski definition) is 0. The minimum Gasteiger partial charge on any atom is -0.497 e. The fraction of sp³-hybridized carbons (Fsp3) is 0.115. The van der Waals surface area contributed by atoms with E-state index in [9.17, 15) is 13.2 Å². The second-order valence-electron chi connectivity index (χ2n) is 8.15. The molecule has 38 heavy (non-hydrogen) atoms. The Morgan fingerprint density at radius 2 is 1.74 bits per heavy atom. The van der Waals surface area contributed by atoms with Gasteiger partial charge >= 0.3 is 0 Å². The standard InChI is InChI=1S/C26H21Cl3N4O4S/c1-30-33(23-13-18-11-12-19(37-2)14-21(18)31-25(23)29)26(34)17-9-7-16(8-10-17)15-32(38(3,35)36)22-6-4-5-20(27)24(22)28/h4-14H,1,15H2,2-3H3. The molecule has 0 atom stereocenters. The molecule has 1 aromatic heterocycles. The SMILES string of the molecule is C=NN(C(=O)c1ccc(CN(c2cccc(Cl)c2Cl)S(C)(=O)=O)cc1)c1cc2ccc(OC)cc2nc1Cl. The van der Waals surface area contributed by atoms with Crippen molar-refractivity contribution >= 4 is 79.7 Å². The van der Waals surface area contributed by atoms with E-state index in [1.165, 1.54) is 0 Å². The average Bonchev–Trinajstić information content (AvgIpc) is 2.89. The van der Waals surface area contributed by atoms with E-state index in [0.29, 0.717) is 16.8 Å². The second-order valence-corrected chi connectivity index (χ2v) is 11.2. The van der Waals surface area contributed by atoms with Crippen LogP contribution in [0.3, 0.4) is 0 Å². The maximum absolute atomic E-state index is 13.3. The van der Waals surface area contributed by atoms with Gasteiger partial charge in [-0.2, -0.15) is 10.1 Å². The van der Waals surface area contributed by atoms with Gasteiger partial charge in [-0.1, -0.05) is 53.0 Å². The van der Waals surface area contributed by atoms with Crippen molar-refractivity contribution < 1.29 is 17.9 Å². The van der Waals surface area contributed by atoms with Gasteiger partial charge in [0.2, 0.25) is 10.0 Å². The molecule has 0 saturated carbocycles. The van der Waals surface area contributed by atoms with Crippen LogP contribution < -0.4 is 14.1 Å². The summed E-state index contributed by atoms with van der Waals surface area (Å²) in [6.07, 6.45) is 1.08. The number of fused-ring (bicyclic) bond motifs is 1. The number of methoxy groups -OCH3 is 1. The molecule has 1 amide bonds. The van der Waals surface area contributed by atoms with E-state index in [1.807, 2.05) is 0 Å². The first kappa shape index (κ1) is 27.7. The molecular formula is C26H21Cl3N4O4S. The number of hydrogen-bond acceptors (Lipinski definition) is 6. The Balaban J connectivity index is 1.62. The van der Waals surface area contributed by atoms with E-state index in [2.05, 4.69) is 16.8 Å². The van der Waals surface area contributed by atoms with Crippen LogP contribution in [0.2, 0.25) is 15.2 Å². The van der Waals surface area contributed by atoms with Crippen molar-refractivity contribution in [3.8, 4) is 5.75 Å². The lowest BCUT2D eigenvalue weighted by Crippen LogP contribution is -2.29. The van der Waals surface area contributed by atoms with Crippen LogP contribution in [0.4, 0.5) is 11.4 Å².